The molecule has 98 valence electrons. The number of amides is 2. The van der Waals surface area contributed by atoms with Gasteiger partial charge in [-0.1, -0.05) is 6.92 Å². The van der Waals surface area contributed by atoms with Crippen LogP contribution in [-0.2, 0) is 9.59 Å². The number of nitrogens with zero attached hydrogens (tertiary/aromatic N) is 1. The van der Waals surface area contributed by atoms with Crippen LogP contribution in [0.4, 0.5) is 0 Å². The second kappa shape index (κ2) is 7.43. The topological polar surface area (TPSA) is 49.4 Å². The average Bonchev–Trinajstić information content (AvgIpc) is 2.30. The van der Waals surface area contributed by atoms with Gasteiger partial charge in [0.05, 0.1) is 0 Å². The van der Waals surface area contributed by atoms with Crippen LogP contribution in [0.25, 0.3) is 0 Å². The molecule has 4 heteroatoms. The Morgan fingerprint density at radius 2 is 1.94 bits per heavy atom. The molecule has 1 atom stereocenters. The van der Waals surface area contributed by atoms with Gasteiger partial charge >= 0.3 is 0 Å². The standard InChI is InChI=1S/C13H24N2O2/c1-3-9-14-11(2)6-5-10-15-12(16)7-4-8-13(15)17/h11,14H,3-10H2,1-2H3. The van der Waals surface area contributed by atoms with Gasteiger partial charge in [-0.05, 0) is 39.2 Å². The number of piperidine rings is 1. The lowest BCUT2D eigenvalue weighted by Gasteiger charge is -2.25. The van der Waals surface area contributed by atoms with Gasteiger partial charge in [0.1, 0.15) is 0 Å². The highest BCUT2D eigenvalue weighted by molar-refractivity contribution is 5.97. The van der Waals surface area contributed by atoms with Crippen molar-refractivity contribution in [2.24, 2.45) is 0 Å². The van der Waals surface area contributed by atoms with E-state index in [4.69, 9.17) is 0 Å². The van der Waals surface area contributed by atoms with E-state index in [1.165, 1.54) is 4.90 Å². The van der Waals surface area contributed by atoms with Crippen molar-refractivity contribution in [2.45, 2.75) is 58.4 Å². The Kier molecular flexibility index (Phi) is 6.19. The van der Waals surface area contributed by atoms with E-state index in [1.54, 1.807) is 0 Å². The van der Waals surface area contributed by atoms with Crippen LogP contribution in [-0.4, -0.2) is 35.8 Å². The molecule has 0 aromatic rings. The smallest absolute Gasteiger partial charge is 0.229 e. The summed E-state index contributed by atoms with van der Waals surface area (Å²) in [6.07, 6.45) is 4.84. The highest BCUT2D eigenvalue weighted by Gasteiger charge is 2.25. The summed E-state index contributed by atoms with van der Waals surface area (Å²) in [6.45, 7) is 5.92. The molecule has 0 aromatic carbocycles. The number of hydrogen-bond acceptors (Lipinski definition) is 3. The van der Waals surface area contributed by atoms with E-state index in [9.17, 15) is 9.59 Å². The zero-order valence-corrected chi connectivity index (χ0v) is 11.0. The molecule has 0 spiro atoms. The Balaban J connectivity index is 2.20. The lowest BCUT2D eigenvalue weighted by Crippen LogP contribution is -2.41. The Morgan fingerprint density at radius 3 is 2.53 bits per heavy atom. The summed E-state index contributed by atoms with van der Waals surface area (Å²) < 4.78 is 0. The molecule has 1 aliphatic heterocycles. The molecular formula is C13H24N2O2. The largest absolute Gasteiger partial charge is 0.314 e. The summed E-state index contributed by atoms with van der Waals surface area (Å²) in [5.74, 6) is 0.0193. The Morgan fingerprint density at radius 1 is 1.29 bits per heavy atom. The molecule has 1 N–H and O–H groups in total. The Hall–Kier alpha value is -0.900. The Labute approximate surface area is 104 Å². The first-order valence-corrected chi connectivity index (χ1v) is 6.71. The molecule has 0 saturated carbocycles. The van der Waals surface area contributed by atoms with Gasteiger partial charge in [0, 0.05) is 25.4 Å². The third kappa shape index (κ3) is 4.86. The average molecular weight is 240 g/mol. The fourth-order valence-electron chi connectivity index (χ4n) is 2.10. The molecule has 4 nitrogen and oxygen atoms in total. The molecule has 1 fully saturated rings. The van der Waals surface area contributed by atoms with E-state index in [0.29, 0.717) is 25.4 Å². The van der Waals surface area contributed by atoms with E-state index >= 15 is 0 Å². The summed E-state index contributed by atoms with van der Waals surface area (Å²) in [6, 6.07) is 0.463. The number of rotatable bonds is 7. The molecule has 0 aliphatic carbocycles. The molecule has 0 radical (unpaired) electrons. The van der Waals surface area contributed by atoms with Crippen LogP contribution in [0.2, 0.25) is 0 Å². The van der Waals surface area contributed by atoms with Crippen LogP contribution in [0, 0.1) is 0 Å². The first kappa shape index (κ1) is 14.2. The highest BCUT2D eigenvalue weighted by atomic mass is 16.2. The van der Waals surface area contributed by atoms with Crippen LogP contribution < -0.4 is 5.32 Å². The van der Waals surface area contributed by atoms with Gasteiger partial charge in [0.15, 0.2) is 0 Å². The van der Waals surface area contributed by atoms with Crippen molar-refractivity contribution in [3.63, 3.8) is 0 Å². The molecule has 1 unspecified atom stereocenters. The fraction of sp³-hybridized carbons (Fsp3) is 0.846. The van der Waals surface area contributed by atoms with Gasteiger partial charge in [-0.25, -0.2) is 0 Å². The van der Waals surface area contributed by atoms with E-state index in [0.717, 1.165) is 32.2 Å². The molecule has 1 heterocycles. The van der Waals surface area contributed by atoms with Crippen molar-refractivity contribution < 1.29 is 9.59 Å². The highest BCUT2D eigenvalue weighted by Crippen LogP contribution is 2.13. The third-order valence-corrected chi connectivity index (χ3v) is 3.15. The minimum absolute atomic E-state index is 0.00965. The monoisotopic (exact) mass is 240 g/mol. The van der Waals surface area contributed by atoms with Crippen molar-refractivity contribution in [3.05, 3.63) is 0 Å². The molecule has 17 heavy (non-hydrogen) atoms. The van der Waals surface area contributed by atoms with Gasteiger partial charge in [-0.15, -0.1) is 0 Å². The van der Waals surface area contributed by atoms with E-state index in [-0.39, 0.29) is 11.8 Å². The summed E-state index contributed by atoms with van der Waals surface area (Å²) in [5.41, 5.74) is 0. The SMILES string of the molecule is CCCNC(C)CCCN1C(=O)CCCC1=O. The van der Waals surface area contributed by atoms with Crippen LogP contribution in [0.3, 0.4) is 0 Å². The molecule has 1 aliphatic rings. The predicted molar refractivity (Wildman–Crippen MR) is 67.6 cm³/mol. The zero-order valence-electron chi connectivity index (χ0n) is 11.0. The summed E-state index contributed by atoms with van der Waals surface area (Å²) in [4.78, 5) is 24.5. The molecule has 1 rings (SSSR count). The second-order valence-corrected chi connectivity index (χ2v) is 4.79. The first-order valence-electron chi connectivity index (χ1n) is 6.71. The maximum absolute atomic E-state index is 11.5. The maximum Gasteiger partial charge on any atom is 0.229 e. The number of imide groups is 1. The van der Waals surface area contributed by atoms with Crippen molar-refractivity contribution in [3.8, 4) is 0 Å². The number of carbonyl (C=O) groups excluding carboxylic acids is 2. The summed E-state index contributed by atoms with van der Waals surface area (Å²) >= 11 is 0. The van der Waals surface area contributed by atoms with Crippen LogP contribution in [0.1, 0.15) is 52.4 Å². The van der Waals surface area contributed by atoms with Crippen LogP contribution in [0.5, 0.6) is 0 Å². The van der Waals surface area contributed by atoms with Gasteiger partial charge < -0.3 is 5.32 Å². The number of nitrogens with one attached hydrogen (secondary N) is 1. The summed E-state index contributed by atoms with van der Waals surface area (Å²) in [5, 5.41) is 3.40. The van der Waals surface area contributed by atoms with Gasteiger partial charge in [-0.3, -0.25) is 14.5 Å². The molecule has 1 saturated heterocycles. The fourth-order valence-corrected chi connectivity index (χ4v) is 2.10. The second-order valence-electron chi connectivity index (χ2n) is 4.79. The van der Waals surface area contributed by atoms with Crippen molar-refractivity contribution in [2.75, 3.05) is 13.1 Å². The molecule has 2 amide bonds. The Bertz CT molecular complexity index is 250. The van der Waals surface area contributed by atoms with Gasteiger partial charge in [-0.2, -0.15) is 0 Å². The summed E-state index contributed by atoms with van der Waals surface area (Å²) in [7, 11) is 0. The van der Waals surface area contributed by atoms with Gasteiger partial charge in [0.25, 0.3) is 0 Å². The van der Waals surface area contributed by atoms with E-state index < -0.39 is 0 Å². The number of likely N-dealkylation sites (tertiary alicyclic amines) is 1. The van der Waals surface area contributed by atoms with Crippen LogP contribution in [0.15, 0.2) is 0 Å². The minimum Gasteiger partial charge on any atom is -0.314 e. The molecule has 0 aromatic heterocycles. The lowest BCUT2D eigenvalue weighted by molar-refractivity contribution is -0.148. The number of carbonyl (C=O) groups is 2. The first-order chi connectivity index (χ1) is 8.15. The molecule has 0 bridgehead atoms. The van der Waals surface area contributed by atoms with Crippen molar-refractivity contribution in [1.82, 2.24) is 10.2 Å². The zero-order chi connectivity index (χ0) is 12.7. The predicted octanol–water partition coefficient (Wildman–Crippen LogP) is 1.69. The minimum atomic E-state index is 0.00965. The van der Waals surface area contributed by atoms with E-state index in [1.807, 2.05) is 0 Å². The van der Waals surface area contributed by atoms with Crippen LogP contribution >= 0.6 is 0 Å². The molecular weight excluding hydrogens is 216 g/mol. The maximum atomic E-state index is 11.5. The normalized spacial score (nSPS) is 18.6. The van der Waals surface area contributed by atoms with Crippen molar-refractivity contribution >= 4 is 11.8 Å². The number of hydrogen-bond donors (Lipinski definition) is 1. The van der Waals surface area contributed by atoms with E-state index in [2.05, 4.69) is 19.2 Å². The van der Waals surface area contributed by atoms with Crippen molar-refractivity contribution in [1.29, 1.82) is 0 Å². The van der Waals surface area contributed by atoms with Gasteiger partial charge in [0.2, 0.25) is 11.8 Å². The lowest BCUT2D eigenvalue weighted by atomic mass is 10.1. The third-order valence-electron chi connectivity index (χ3n) is 3.15. The quantitative estimate of drug-likeness (QED) is 0.689.